The smallest absolute Gasteiger partial charge is 0.367 e. The van der Waals surface area contributed by atoms with E-state index < -0.39 is 17.6 Å². The summed E-state index contributed by atoms with van der Waals surface area (Å²) in [4.78, 5) is 14.3. The van der Waals surface area contributed by atoms with Crippen LogP contribution in [0.15, 0.2) is 36.4 Å². The van der Waals surface area contributed by atoms with Crippen molar-refractivity contribution in [2.24, 2.45) is 5.92 Å². The van der Waals surface area contributed by atoms with Gasteiger partial charge in [-0.25, -0.2) is 0 Å². The number of carbonyl (C=O) groups excluding carboxylic acids is 1. The molecule has 2 aromatic carbocycles. The highest BCUT2D eigenvalue weighted by Gasteiger charge is 2.36. The minimum atomic E-state index is -4.62. The summed E-state index contributed by atoms with van der Waals surface area (Å²) in [6.07, 6.45) is 1.57. The molecule has 1 heterocycles. The van der Waals surface area contributed by atoms with Gasteiger partial charge in [0.25, 0.3) is 0 Å². The molecule has 2 aliphatic rings. The summed E-state index contributed by atoms with van der Waals surface area (Å²) in [7, 11) is 0. The molecule has 1 saturated carbocycles. The second kappa shape index (κ2) is 9.11. The molecular weight excluding hydrogens is 425 g/mol. The molecule has 0 bridgehead atoms. The van der Waals surface area contributed by atoms with Crippen molar-refractivity contribution in [3.8, 4) is 0 Å². The average Bonchev–Trinajstić information content (AvgIpc) is 3.26. The minimum Gasteiger partial charge on any atom is -0.367 e. The number of amides is 1. The van der Waals surface area contributed by atoms with Crippen molar-refractivity contribution in [2.75, 3.05) is 16.8 Å². The summed E-state index contributed by atoms with van der Waals surface area (Å²) in [5.74, 6) is 0.0756. The molecule has 7 heteroatoms. The van der Waals surface area contributed by atoms with Crippen molar-refractivity contribution in [3.05, 3.63) is 58.1 Å². The second-order valence-corrected chi connectivity index (χ2v) is 8.93. The number of alkyl halides is 3. The molecule has 4 rings (SSSR count). The number of halogens is 4. The number of hydrogen-bond acceptors (Lipinski definition) is 2. The number of hydrogen-bond donors (Lipinski definition) is 1. The highest BCUT2D eigenvalue weighted by molar-refractivity contribution is 6.34. The van der Waals surface area contributed by atoms with Crippen LogP contribution >= 0.6 is 11.6 Å². The first-order chi connectivity index (χ1) is 14.8. The number of anilines is 2. The molecule has 1 amide bonds. The van der Waals surface area contributed by atoms with Crippen LogP contribution in [0.4, 0.5) is 24.5 Å². The molecule has 2 aromatic rings. The summed E-state index contributed by atoms with van der Waals surface area (Å²) in [5.41, 5.74) is 1.49. The van der Waals surface area contributed by atoms with Gasteiger partial charge >= 0.3 is 6.18 Å². The van der Waals surface area contributed by atoms with E-state index >= 15 is 0 Å². The highest BCUT2D eigenvalue weighted by Crippen LogP contribution is 2.42. The molecule has 1 N–H and O–H groups in total. The van der Waals surface area contributed by atoms with Gasteiger partial charge < -0.3 is 10.2 Å². The molecule has 3 nitrogen and oxygen atoms in total. The van der Waals surface area contributed by atoms with E-state index in [1.807, 2.05) is 29.2 Å². The van der Waals surface area contributed by atoms with E-state index in [1.54, 1.807) is 0 Å². The van der Waals surface area contributed by atoms with Gasteiger partial charge in [-0.15, -0.1) is 0 Å². The van der Waals surface area contributed by atoms with Crippen molar-refractivity contribution in [1.82, 2.24) is 0 Å². The molecule has 1 fully saturated rings. The van der Waals surface area contributed by atoms with Crippen LogP contribution in [0.1, 0.15) is 55.2 Å². The van der Waals surface area contributed by atoms with Crippen molar-refractivity contribution < 1.29 is 18.0 Å². The summed E-state index contributed by atoms with van der Waals surface area (Å²) in [6.45, 7) is 1.13. The molecule has 0 radical (unpaired) electrons. The number of nitrogens with zero attached hydrogens (tertiary/aromatic N) is 1. The molecule has 31 heavy (non-hydrogen) atoms. The number of benzene rings is 2. The molecule has 0 unspecified atom stereocenters. The lowest BCUT2D eigenvalue weighted by atomic mass is 9.99. The molecule has 166 valence electrons. The van der Waals surface area contributed by atoms with E-state index in [2.05, 4.69) is 5.32 Å². The van der Waals surface area contributed by atoms with Gasteiger partial charge in [0.05, 0.1) is 16.3 Å². The Hall–Kier alpha value is -2.21. The lowest BCUT2D eigenvalue weighted by Crippen LogP contribution is -2.30. The Bertz CT molecular complexity index is 954. The monoisotopic (exact) mass is 450 g/mol. The van der Waals surface area contributed by atoms with Crippen molar-refractivity contribution >= 4 is 28.9 Å². The standard InChI is InChI=1S/C24H26ClF3N2O/c25-21-14-19(30-12-11-17-7-3-4-8-18(17)15-30)13-20(24(26,27)28)23(21)29-22(31)10-9-16-5-1-2-6-16/h3-4,7-8,13-14,16H,1-2,5-6,9-12,15H2,(H,29,31). The van der Waals surface area contributed by atoms with E-state index in [-0.39, 0.29) is 17.1 Å². The Morgan fingerprint density at radius 2 is 1.84 bits per heavy atom. The molecule has 0 atom stereocenters. The van der Waals surface area contributed by atoms with Crippen LogP contribution < -0.4 is 10.2 Å². The lowest BCUT2D eigenvalue weighted by Gasteiger charge is -2.31. The van der Waals surface area contributed by atoms with Crippen LogP contribution in [0.2, 0.25) is 5.02 Å². The Morgan fingerprint density at radius 3 is 2.55 bits per heavy atom. The number of nitrogens with one attached hydrogen (secondary N) is 1. The fourth-order valence-corrected chi connectivity index (χ4v) is 4.94. The third kappa shape index (κ3) is 5.17. The van der Waals surface area contributed by atoms with Crippen LogP contribution in [0.25, 0.3) is 0 Å². The first-order valence-corrected chi connectivity index (χ1v) is 11.2. The summed E-state index contributed by atoms with van der Waals surface area (Å²) >= 11 is 6.29. The zero-order chi connectivity index (χ0) is 22.0. The second-order valence-electron chi connectivity index (χ2n) is 8.53. The SMILES string of the molecule is O=C(CCC1CCCC1)Nc1c(Cl)cc(N2CCc3ccccc3C2)cc1C(F)(F)F. The van der Waals surface area contributed by atoms with Crippen LogP contribution in [-0.4, -0.2) is 12.5 Å². The highest BCUT2D eigenvalue weighted by atomic mass is 35.5. The zero-order valence-electron chi connectivity index (χ0n) is 17.3. The van der Waals surface area contributed by atoms with Gasteiger partial charge in [0.1, 0.15) is 0 Å². The Kier molecular flexibility index (Phi) is 6.47. The summed E-state index contributed by atoms with van der Waals surface area (Å²) < 4.78 is 41.6. The van der Waals surface area contributed by atoms with Crippen molar-refractivity contribution in [2.45, 2.75) is 57.7 Å². The van der Waals surface area contributed by atoms with E-state index in [0.29, 0.717) is 31.1 Å². The maximum absolute atomic E-state index is 13.9. The van der Waals surface area contributed by atoms with Crippen LogP contribution in [0, 0.1) is 5.92 Å². The minimum absolute atomic E-state index is 0.0853. The average molecular weight is 451 g/mol. The number of carbonyl (C=O) groups is 1. The van der Waals surface area contributed by atoms with Gasteiger partial charge in [-0.2, -0.15) is 13.2 Å². The molecule has 0 spiro atoms. The molecular formula is C24H26ClF3N2O. The van der Waals surface area contributed by atoms with Gasteiger partial charge in [0, 0.05) is 25.2 Å². The largest absolute Gasteiger partial charge is 0.418 e. The van der Waals surface area contributed by atoms with E-state index in [9.17, 15) is 18.0 Å². The van der Waals surface area contributed by atoms with E-state index in [0.717, 1.165) is 30.9 Å². The fraction of sp³-hybridized carbons (Fsp3) is 0.458. The lowest BCUT2D eigenvalue weighted by molar-refractivity contribution is -0.136. The molecule has 1 aliphatic heterocycles. The van der Waals surface area contributed by atoms with Gasteiger partial charge in [-0.05, 0) is 42.0 Å². The first kappa shape index (κ1) is 22.0. The van der Waals surface area contributed by atoms with Crippen LogP contribution in [0.5, 0.6) is 0 Å². The number of fused-ring (bicyclic) bond motifs is 1. The van der Waals surface area contributed by atoms with Gasteiger partial charge in [-0.1, -0.05) is 61.5 Å². The predicted octanol–water partition coefficient (Wildman–Crippen LogP) is 6.83. The van der Waals surface area contributed by atoms with Crippen molar-refractivity contribution in [1.29, 1.82) is 0 Å². The maximum atomic E-state index is 13.9. The van der Waals surface area contributed by atoms with Crippen LogP contribution in [0.3, 0.4) is 0 Å². The van der Waals surface area contributed by atoms with Crippen LogP contribution in [-0.2, 0) is 23.9 Å². The Morgan fingerprint density at radius 1 is 1.13 bits per heavy atom. The molecule has 1 aliphatic carbocycles. The topological polar surface area (TPSA) is 32.3 Å². The third-order valence-electron chi connectivity index (χ3n) is 6.40. The van der Waals surface area contributed by atoms with Crippen molar-refractivity contribution in [3.63, 3.8) is 0 Å². The number of rotatable bonds is 5. The third-order valence-corrected chi connectivity index (χ3v) is 6.69. The Balaban J connectivity index is 1.55. The van der Waals surface area contributed by atoms with E-state index in [4.69, 9.17) is 11.6 Å². The van der Waals surface area contributed by atoms with Gasteiger partial charge in [-0.3, -0.25) is 4.79 Å². The summed E-state index contributed by atoms with van der Waals surface area (Å²) in [5, 5.41) is 2.36. The van der Waals surface area contributed by atoms with Gasteiger partial charge in [0.15, 0.2) is 0 Å². The Labute approximate surface area is 185 Å². The van der Waals surface area contributed by atoms with Gasteiger partial charge in [0.2, 0.25) is 5.91 Å². The fourth-order valence-electron chi connectivity index (χ4n) is 4.68. The van der Waals surface area contributed by atoms with E-state index in [1.165, 1.54) is 24.5 Å². The normalized spacial score (nSPS) is 17.0. The maximum Gasteiger partial charge on any atom is 0.418 e. The molecule has 0 aromatic heterocycles. The summed E-state index contributed by atoms with van der Waals surface area (Å²) in [6, 6.07) is 10.6. The zero-order valence-corrected chi connectivity index (χ0v) is 18.0. The quantitative estimate of drug-likeness (QED) is 0.541. The predicted molar refractivity (Wildman–Crippen MR) is 117 cm³/mol. The molecule has 0 saturated heterocycles. The first-order valence-electron chi connectivity index (χ1n) is 10.8.